The van der Waals surface area contributed by atoms with Crippen molar-refractivity contribution in [3.63, 3.8) is 0 Å². The van der Waals surface area contributed by atoms with Crippen LogP contribution in [0.3, 0.4) is 0 Å². The number of hydrogen-bond donors (Lipinski definition) is 2. The monoisotopic (exact) mass is 321 g/mol. The maximum absolute atomic E-state index is 12.1. The zero-order chi connectivity index (χ0) is 12.8. The van der Waals surface area contributed by atoms with Gasteiger partial charge in [-0.1, -0.05) is 17.7 Å². The van der Waals surface area contributed by atoms with Gasteiger partial charge in [-0.25, -0.2) is 0 Å². The van der Waals surface area contributed by atoms with E-state index >= 15 is 0 Å². The molecule has 0 fully saturated rings. The van der Waals surface area contributed by atoms with Crippen LogP contribution in [-0.2, 0) is 0 Å². The summed E-state index contributed by atoms with van der Waals surface area (Å²) >= 11 is 9.25. The summed E-state index contributed by atoms with van der Waals surface area (Å²) in [4.78, 5) is 13.5. The number of nitrogens with zero attached hydrogens (tertiary/aromatic N) is 1. The van der Waals surface area contributed by atoms with Gasteiger partial charge in [0, 0.05) is 17.6 Å². The van der Waals surface area contributed by atoms with Gasteiger partial charge in [0.25, 0.3) is 5.91 Å². The van der Waals surface area contributed by atoms with Crippen LogP contribution < -0.4 is 0 Å². The number of aliphatic hydroxyl groups is 2. The Hall–Kier alpha value is -0.620. The van der Waals surface area contributed by atoms with Gasteiger partial charge in [0.05, 0.1) is 23.8 Å². The molecule has 0 atom stereocenters. The molecule has 0 aromatic heterocycles. The van der Waals surface area contributed by atoms with E-state index in [9.17, 15) is 4.79 Å². The normalized spacial score (nSPS) is 10.4. The van der Waals surface area contributed by atoms with E-state index in [0.717, 1.165) is 0 Å². The predicted molar refractivity (Wildman–Crippen MR) is 69.2 cm³/mol. The lowest BCUT2D eigenvalue weighted by atomic mass is 10.2. The van der Waals surface area contributed by atoms with Gasteiger partial charge < -0.3 is 15.1 Å². The molecule has 0 aliphatic rings. The van der Waals surface area contributed by atoms with Crippen molar-refractivity contribution in [3.8, 4) is 0 Å². The quantitative estimate of drug-likeness (QED) is 0.864. The molecule has 17 heavy (non-hydrogen) atoms. The molecular weight excluding hydrogens is 309 g/mol. The fourth-order valence-corrected chi connectivity index (χ4v) is 1.97. The molecule has 94 valence electrons. The van der Waals surface area contributed by atoms with Crippen molar-refractivity contribution < 1.29 is 15.0 Å². The van der Waals surface area contributed by atoms with Gasteiger partial charge in [0.15, 0.2) is 0 Å². The first-order valence-electron chi connectivity index (χ1n) is 5.06. The Bertz CT molecular complexity index is 394. The minimum atomic E-state index is -0.306. The smallest absolute Gasteiger partial charge is 0.255 e. The molecule has 0 bridgehead atoms. The van der Waals surface area contributed by atoms with E-state index in [1.807, 2.05) is 0 Å². The lowest BCUT2D eigenvalue weighted by Gasteiger charge is -2.21. The van der Waals surface area contributed by atoms with E-state index in [2.05, 4.69) is 15.9 Å². The van der Waals surface area contributed by atoms with Gasteiger partial charge in [0.1, 0.15) is 0 Å². The highest BCUT2D eigenvalue weighted by molar-refractivity contribution is 9.10. The van der Waals surface area contributed by atoms with Crippen molar-refractivity contribution in [3.05, 3.63) is 33.3 Å². The maximum Gasteiger partial charge on any atom is 0.255 e. The van der Waals surface area contributed by atoms with Crippen molar-refractivity contribution in [2.45, 2.75) is 0 Å². The van der Waals surface area contributed by atoms with E-state index in [4.69, 9.17) is 21.8 Å². The van der Waals surface area contributed by atoms with Crippen molar-refractivity contribution in [2.75, 3.05) is 26.3 Å². The fraction of sp³-hybridized carbons (Fsp3) is 0.364. The molecule has 0 saturated carbocycles. The summed E-state index contributed by atoms with van der Waals surface area (Å²) in [6.45, 7) is 0.0270. The fourth-order valence-electron chi connectivity index (χ4n) is 1.40. The van der Waals surface area contributed by atoms with Crippen molar-refractivity contribution in [1.29, 1.82) is 0 Å². The van der Waals surface area contributed by atoms with Crippen LogP contribution in [0.15, 0.2) is 22.7 Å². The van der Waals surface area contributed by atoms with Gasteiger partial charge in [-0.2, -0.15) is 0 Å². The number of carbonyl (C=O) groups excluding carboxylic acids is 1. The summed E-state index contributed by atoms with van der Waals surface area (Å²) in [5.41, 5.74) is 0.350. The Labute approximate surface area is 113 Å². The number of hydrogen-bond acceptors (Lipinski definition) is 3. The summed E-state index contributed by atoms with van der Waals surface area (Å²) in [6.07, 6.45) is 0. The molecule has 2 N–H and O–H groups in total. The Morgan fingerprint density at radius 1 is 1.29 bits per heavy atom. The molecule has 1 aromatic rings. The molecule has 1 rings (SSSR count). The van der Waals surface area contributed by atoms with Gasteiger partial charge in [-0.3, -0.25) is 4.79 Å². The van der Waals surface area contributed by atoms with Crippen LogP contribution in [0.2, 0.25) is 5.02 Å². The summed E-state index contributed by atoms with van der Waals surface area (Å²) in [7, 11) is 0. The van der Waals surface area contributed by atoms with Gasteiger partial charge in [-0.15, -0.1) is 0 Å². The molecule has 0 unspecified atom stereocenters. The van der Waals surface area contributed by atoms with Crippen LogP contribution in [0.1, 0.15) is 10.4 Å². The highest BCUT2D eigenvalue weighted by atomic mass is 79.9. The van der Waals surface area contributed by atoms with Crippen molar-refractivity contribution in [1.82, 2.24) is 4.90 Å². The Kier molecular flexibility index (Phi) is 5.91. The van der Waals surface area contributed by atoms with Gasteiger partial charge in [0.2, 0.25) is 0 Å². The molecule has 0 spiro atoms. The first-order valence-corrected chi connectivity index (χ1v) is 6.24. The number of aliphatic hydroxyl groups excluding tert-OH is 2. The maximum atomic E-state index is 12.1. The Morgan fingerprint density at radius 2 is 1.88 bits per heavy atom. The first-order chi connectivity index (χ1) is 8.11. The van der Waals surface area contributed by atoms with Crippen molar-refractivity contribution >= 4 is 33.4 Å². The van der Waals surface area contributed by atoms with Crippen LogP contribution in [0.5, 0.6) is 0 Å². The van der Waals surface area contributed by atoms with Crippen LogP contribution >= 0.6 is 27.5 Å². The Morgan fingerprint density at radius 3 is 2.41 bits per heavy atom. The third-order valence-corrected chi connectivity index (χ3v) is 3.51. The second-order valence-corrected chi connectivity index (χ2v) is 4.57. The van der Waals surface area contributed by atoms with Gasteiger partial charge in [-0.05, 0) is 28.1 Å². The Balaban J connectivity index is 2.96. The highest BCUT2D eigenvalue weighted by Gasteiger charge is 2.18. The number of amides is 1. The zero-order valence-corrected chi connectivity index (χ0v) is 11.4. The molecule has 0 aliphatic carbocycles. The number of halogens is 2. The third kappa shape index (κ3) is 3.67. The van der Waals surface area contributed by atoms with Crippen LogP contribution in [0, 0.1) is 0 Å². The summed E-state index contributed by atoms with van der Waals surface area (Å²) in [5.74, 6) is -0.306. The molecule has 4 nitrogen and oxygen atoms in total. The second-order valence-electron chi connectivity index (χ2n) is 3.34. The summed E-state index contributed by atoms with van der Waals surface area (Å²) in [5, 5.41) is 18.1. The molecule has 0 saturated heterocycles. The van der Waals surface area contributed by atoms with Crippen LogP contribution in [0.25, 0.3) is 0 Å². The summed E-state index contributed by atoms with van der Waals surface area (Å²) in [6, 6.07) is 5.05. The predicted octanol–water partition coefficient (Wildman–Crippen LogP) is 1.53. The molecule has 1 amide bonds. The SMILES string of the molecule is O=C(c1cccc(Br)c1Cl)N(CCO)CCO. The van der Waals surface area contributed by atoms with E-state index in [0.29, 0.717) is 15.1 Å². The number of carbonyl (C=O) groups is 1. The lowest BCUT2D eigenvalue weighted by Crippen LogP contribution is -2.36. The molecule has 0 aliphatic heterocycles. The van der Waals surface area contributed by atoms with E-state index in [-0.39, 0.29) is 32.2 Å². The lowest BCUT2D eigenvalue weighted by molar-refractivity contribution is 0.0685. The van der Waals surface area contributed by atoms with Gasteiger partial charge >= 0.3 is 0 Å². The van der Waals surface area contributed by atoms with E-state index in [1.54, 1.807) is 18.2 Å². The minimum absolute atomic E-state index is 0.155. The van der Waals surface area contributed by atoms with E-state index < -0.39 is 0 Å². The largest absolute Gasteiger partial charge is 0.395 e. The molecule has 0 heterocycles. The first kappa shape index (κ1) is 14.4. The van der Waals surface area contributed by atoms with Crippen LogP contribution in [0.4, 0.5) is 0 Å². The molecular formula is C11H13BrClNO3. The summed E-state index contributed by atoms with van der Waals surface area (Å²) < 4.78 is 0.637. The molecule has 6 heteroatoms. The topological polar surface area (TPSA) is 60.8 Å². The van der Waals surface area contributed by atoms with Crippen LogP contribution in [-0.4, -0.2) is 47.3 Å². The second kappa shape index (κ2) is 6.96. The average molecular weight is 323 g/mol. The molecule has 0 radical (unpaired) electrons. The minimum Gasteiger partial charge on any atom is -0.395 e. The third-order valence-electron chi connectivity index (χ3n) is 2.21. The molecule has 1 aromatic carbocycles. The van der Waals surface area contributed by atoms with Crippen molar-refractivity contribution in [2.24, 2.45) is 0 Å². The highest BCUT2D eigenvalue weighted by Crippen LogP contribution is 2.26. The van der Waals surface area contributed by atoms with E-state index in [1.165, 1.54) is 4.90 Å². The standard InChI is InChI=1S/C11H13BrClNO3/c12-9-3-1-2-8(10(9)13)11(17)14(4-6-15)5-7-16/h1-3,15-16H,4-7H2. The number of rotatable bonds is 5. The zero-order valence-electron chi connectivity index (χ0n) is 9.07. The average Bonchev–Trinajstić information content (AvgIpc) is 2.31. The number of benzene rings is 1.